The van der Waals surface area contributed by atoms with Crippen molar-refractivity contribution in [3.8, 4) is 0 Å². The van der Waals surface area contributed by atoms with Crippen LogP contribution in [0.3, 0.4) is 0 Å². The molecule has 31 heavy (non-hydrogen) atoms. The second-order valence-electron chi connectivity index (χ2n) is 11.4. The van der Waals surface area contributed by atoms with Crippen LogP contribution < -0.4 is 0 Å². The zero-order chi connectivity index (χ0) is 21.5. The third-order valence-electron chi connectivity index (χ3n) is 10.5. The maximum Gasteiger partial charge on any atom is 0.510 e. The number of fused-ring (bicyclic) bond motifs is 7. The van der Waals surface area contributed by atoms with Crippen LogP contribution in [0.1, 0.15) is 64.7 Å². The third-order valence-corrected chi connectivity index (χ3v) is 10.5. The Morgan fingerprint density at radius 3 is 2.74 bits per heavy atom. The minimum Gasteiger partial charge on any atom is -0.449 e. The zero-order valence-electron chi connectivity index (χ0n) is 18.3. The number of hydrogen-bond acceptors (Lipinski definition) is 4. The Morgan fingerprint density at radius 2 is 2.03 bits per heavy atom. The van der Waals surface area contributed by atoms with Crippen LogP contribution in [-0.2, 0) is 9.53 Å². The smallest absolute Gasteiger partial charge is 0.449 e. The molecule has 0 aromatic rings. The number of ketones is 1. The normalized spacial score (nSPS) is 50.2. The molecule has 0 unspecified atom stereocenters. The maximum absolute atomic E-state index is 12.2. The second-order valence-corrected chi connectivity index (χ2v) is 11.4. The van der Waals surface area contributed by atoms with E-state index in [4.69, 9.17) is 9.84 Å². The Hall–Kier alpha value is -1.62. The second kappa shape index (κ2) is 6.69. The molecule has 6 aliphatic carbocycles. The Labute approximate surface area is 183 Å². The van der Waals surface area contributed by atoms with Crippen LogP contribution in [0.5, 0.6) is 0 Å². The fourth-order valence-corrected chi connectivity index (χ4v) is 9.28. The summed E-state index contributed by atoms with van der Waals surface area (Å²) in [5.41, 5.74) is 0.289. The summed E-state index contributed by atoms with van der Waals surface area (Å²) in [7, 11) is 0. The van der Waals surface area contributed by atoms with E-state index in [1.165, 1.54) is 24.7 Å². The number of aliphatic hydroxyl groups is 1. The first kappa shape index (κ1) is 20.0. The van der Waals surface area contributed by atoms with Crippen LogP contribution in [-0.4, -0.2) is 27.8 Å². The first-order valence-corrected chi connectivity index (χ1v) is 12.4. The van der Waals surface area contributed by atoms with Crippen LogP contribution >= 0.6 is 0 Å². The van der Waals surface area contributed by atoms with Crippen molar-refractivity contribution in [2.24, 2.45) is 52.8 Å². The number of carboxylic acid groups (broad SMARTS) is 1. The molecule has 2 N–H and O–H groups in total. The quantitative estimate of drug-likeness (QED) is 0.491. The molecule has 0 bridgehead atoms. The summed E-state index contributed by atoms with van der Waals surface area (Å²) in [5, 5.41) is 20.9. The number of rotatable bonds is 4. The molecule has 0 heterocycles. The molecular weight excluding hydrogens is 392 g/mol. The van der Waals surface area contributed by atoms with E-state index in [2.05, 4.69) is 6.92 Å². The fourth-order valence-electron chi connectivity index (χ4n) is 9.28. The van der Waals surface area contributed by atoms with E-state index in [1.807, 2.05) is 6.08 Å². The van der Waals surface area contributed by atoms with Crippen molar-refractivity contribution in [2.75, 3.05) is 0 Å². The lowest BCUT2D eigenvalue weighted by Gasteiger charge is -2.60. The van der Waals surface area contributed by atoms with Crippen molar-refractivity contribution < 1.29 is 24.5 Å². The lowest BCUT2D eigenvalue weighted by Crippen LogP contribution is -2.57. The van der Waals surface area contributed by atoms with Crippen molar-refractivity contribution in [1.82, 2.24) is 0 Å². The van der Waals surface area contributed by atoms with Crippen molar-refractivity contribution in [1.29, 1.82) is 0 Å². The standard InChI is InChI=1S/C26H34O5/c1-2-25-8-7-18-17-6-5-16(27)11-15(17)12-19(14-3-4-14)22(18)23(25)20-13-21(20)26(25,30)9-10-31-24(28)29/h9-11,14,17-23,30H,2-8,12-13H2,1H3,(H,28,29)/b10-9-/t17-,18+,19+,20+,21-,22-,23-,25-,26-/m0/s1. The highest BCUT2D eigenvalue weighted by atomic mass is 16.7. The predicted molar refractivity (Wildman–Crippen MR) is 114 cm³/mol. The van der Waals surface area contributed by atoms with E-state index in [0.717, 1.165) is 44.4 Å². The number of carbonyl (C=O) groups excluding carboxylic acids is 1. The highest BCUT2D eigenvalue weighted by molar-refractivity contribution is 5.91. The van der Waals surface area contributed by atoms with Crippen LogP contribution in [0, 0.1) is 52.8 Å². The topological polar surface area (TPSA) is 83.8 Å². The van der Waals surface area contributed by atoms with Crippen molar-refractivity contribution in [3.63, 3.8) is 0 Å². The molecule has 5 heteroatoms. The van der Waals surface area contributed by atoms with Gasteiger partial charge in [-0.05, 0) is 111 Å². The first-order chi connectivity index (χ1) is 14.9. The Bertz CT molecular complexity index is 871. The molecule has 0 amide bonds. The minimum atomic E-state index is -1.33. The van der Waals surface area contributed by atoms with Gasteiger partial charge in [-0.3, -0.25) is 4.79 Å². The highest BCUT2D eigenvalue weighted by Crippen LogP contribution is 2.78. The number of hydrogen-bond donors (Lipinski definition) is 2. The molecule has 0 radical (unpaired) electrons. The molecule has 0 spiro atoms. The molecule has 6 aliphatic rings. The Morgan fingerprint density at radius 1 is 1.23 bits per heavy atom. The molecular formula is C26H34O5. The third kappa shape index (κ3) is 2.71. The van der Waals surface area contributed by atoms with Gasteiger partial charge in [-0.1, -0.05) is 12.5 Å². The number of ether oxygens (including phenoxy) is 1. The summed E-state index contributed by atoms with van der Waals surface area (Å²) < 4.78 is 4.70. The molecule has 0 aromatic carbocycles. The van der Waals surface area contributed by atoms with Crippen molar-refractivity contribution in [3.05, 3.63) is 24.0 Å². The van der Waals surface area contributed by atoms with Crippen LogP contribution in [0.4, 0.5) is 4.79 Å². The van der Waals surface area contributed by atoms with Gasteiger partial charge >= 0.3 is 6.16 Å². The molecule has 5 saturated carbocycles. The minimum absolute atomic E-state index is 0.182. The van der Waals surface area contributed by atoms with Gasteiger partial charge < -0.3 is 14.9 Å². The molecule has 5 nitrogen and oxygen atoms in total. The van der Waals surface area contributed by atoms with E-state index in [0.29, 0.717) is 47.7 Å². The predicted octanol–water partition coefficient (Wildman–Crippen LogP) is 4.95. The molecule has 9 atom stereocenters. The lowest BCUT2D eigenvalue weighted by atomic mass is 9.45. The zero-order valence-corrected chi connectivity index (χ0v) is 18.3. The molecule has 5 fully saturated rings. The molecule has 6 rings (SSSR count). The van der Waals surface area contributed by atoms with Crippen molar-refractivity contribution >= 4 is 11.9 Å². The summed E-state index contributed by atoms with van der Waals surface area (Å²) in [5.74, 6) is 4.88. The largest absolute Gasteiger partial charge is 0.510 e. The van der Waals surface area contributed by atoms with E-state index >= 15 is 0 Å². The summed E-state index contributed by atoms with van der Waals surface area (Å²) in [6, 6.07) is 0. The van der Waals surface area contributed by atoms with Gasteiger partial charge in [0.2, 0.25) is 0 Å². The van der Waals surface area contributed by atoms with Gasteiger partial charge in [-0.25, -0.2) is 4.79 Å². The van der Waals surface area contributed by atoms with Gasteiger partial charge in [-0.15, -0.1) is 0 Å². The molecule has 0 aliphatic heterocycles. The lowest BCUT2D eigenvalue weighted by molar-refractivity contribution is -0.140. The van der Waals surface area contributed by atoms with Gasteiger partial charge in [0.05, 0.1) is 11.9 Å². The average Bonchev–Trinajstić information content (AvgIpc) is 3.65. The van der Waals surface area contributed by atoms with E-state index < -0.39 is 11.8 Å². The van der Waals surface area contributed by atoms with Gasteiger partial charge in [-0.2, -0.15) is 0 Å². The van der Waals surface area contributed by atoms with Gasteiger partial charge in [0.25, 0.3) is 0 Å². The van der Waals surface area contributed by atoms with Gasteiger partial charge in [0.15, 0.2) is 5.78 Å². The van der Waals surface area contributed by atoms with Crippen LogP contribution in [0.2, 0.25) is 0 Å². The number of carbonyl (C=O) groups is 2. The van der Waals surface area contributed by atoms with Crippen LogP contribution in [0.25, 0.3) is 0 Å². The Balaban J connectivity index is 1.39. The molecule has 0 aromatic heterocycles. The number of allylic oxidation sites excluding steroid dienone is 1. The summed E-state index contributed by atoms with van der Waals surface area (Å²) >= 11 is 0. The monoisotopic (exact) mass is 426 g/mol. The fraction of sp³-hybridized carbons (Fsp3) is 0.769. The average molecular weight is 427 g/mol. The van der Waals surface area contributed by atoms with E-state index in [-0.39, 0.29) is 11.3 Å². The summed E-state index contributed by atoms with van der Waals surface area (Å²) in [4.78, 5) is 23.1. The van der Waals surface area contributed by atoms with Gasteiger partial charge in [0, 0.05) is 11.8 Å². The van der Waals surface area contributed by atoms with Crippen molar-refractivity contribution in [2.45, 2.75) is 70.3 Å². The molecule has 0 saturated heterocycles. The molecule has 168 valence electrons. The van der Waals surface area contributed by atoms with E-state index in [9.17, 15) is 14.7 Å². The maximum atomic E-state index is 12.2. The summed E-state index contributed by atoms with van der Waals surface area (Å²) in [6.07, 6.45) is 13.1. The first-order valence-electron chi connectivity index (χ1n) is 12.4. The SMILES string of the molecule is CC[C@]12CC[C@H]3[C@H]([C@@H]1[C@@H]1C[C@@H]1[C@@]2(O)/C=C\OC(=O)O)[C@@H](C1CC1)CC1=CC(=O)CC[C@@H]13. The summed E-state index contributed by atoms with van der Waals surface area (Å²) in [6.45, 7) is 2.22. The van der Waals surface area contributed by atoms with Crippen LogP contribution in [0.15, 0.2) is 24.0 Å². The van der Waals surface area contributed by atoms with Gasteiger partial charge in [0.1, 0.15) is 0 Å². The van der Waals surface area contributed by atoms with E-state index in [1.54, 1.807) is 6.08 Å². The highest BCUT2D eigenvalue weighted by Gasteiger charge is 2.77. The Kier molecular flexibility index (Phi) is 4.32.